The SMILES string of the molecule is COC(=O)c1ncc(C(F)(F)F)cc1N. The molecule has 1 aromatic rings. The Bertz CT molecular complexity index is 390. The monoisotopic (exact) mass is 220 g/mol. The molecule has 7 heteroatoms. The molecule has 2 N–H and O–H groups in total. The van der Waals surface area contributed by atoms with E-state index < -0.39 is 17.7 Å². The van der Waals surface area contributed by atoms with Gasteiger partial charge in [-0.1, -0.05) is 0 Å². The van der Waals surface area contributed by atoms with Gasteiger partial charge in [0.15, 0.2) is 5.69 Å². The fourth-order valence-electron chi connectivity index (χ4n) is 0.904. The van der Waals surface area contributed by atoms with Gasteiger partial charge in [-0.05, 0) is 6.07 Å². The molecule has 0 bridgehead atoms. The lowest BCUT2D eigenvalue weighted by Gasteiger charge is -2.08. The number of carbonyl (C=O) groups is 1. The molecule has 0 saturated heterocycles. The van der Waals surface area contributed by atoms with E-state index in [1.807, 2.05) is 0 Å². The van der Waals surface area contributed by atoms with Crippen molar-refractivity contribution >= 4 is 11.7 Å². The Kier molecular flexibility index (Phi) is 2.83. The zero-order valence-corrected chi connectivity index (χ0v) is 7.63. The minimum absolute atomic E-state index is 0.328. The highest BCUT2D eigenvalue weighted by molar-refractivity contribution is 5.92. The number of nitrogens with two attached hydrogens (primary N) is 1. The van der Waals surface area contributed by atoms with E-state index in [1.165, 1.54) is 0 Å². The second-order valence-corrected chi connectivity index (χ2v) is 2.65. The van der Waals surface area contributed by atoms with Crippen molar-refractivity contribution < 1.29 is 22.7 Å². The number of esters is 1. The average Bonchev–Trinajstić information content (AvgIpc) is 2.15. The van der Waals surface area contributed by atoms with Gasteiger partial charge < -0.3 is 10.5 Å². The molecule has 82 valence electrons. The molecule has 0 aliphatic rings. The topological polar surface area (TPSA) is 65.2 Å². The van der Waals surface area contributed by atoms with Gasteiger partial charge in [0, 0.05) is 6.20 Å². The summed E-state index contributed by atoms with van der Waals surface area (Å²) in [5.41, 5.74) is 3.53. The van der Waals surface area contributed by atoms with Gasteiger partial charge in [0.05, 0.1) is 18.4 Å². The molecular weight excluding hydrogens is 213 g/mol. The van der Waals surface area contributed by atoms with E-state index >= 15 is 0 Å². The van der Waals surface area contributed by atoms with Crippen molar-refractivity contribution in [2.75, 3.05) is 12.8 Å². The van der Waals surface area contributed by atoms with Gasteiger partial charge in [-0.25, -0.2) is 9.78 Å². The Hall–Kier alpha value is -1.79. The minimum atomic E-state index is -4.53. The number of pyridine rings is 1. The lowest BCUT2D eigenvalue weighted by atomic mass is 10.2. The second-order valence-electron chi connectivity index (χ2n) is 2.65. The molecule has 0 amide bonds. The van der Waals surface area contributed by atoms with Gasteiger partial charge in [0.1, 0.15) is 0 Å². The number of methoxy groups -OCH3 is 1. The Labute approximate surface area is 82.9 Å². The summed E-state index contributed by atoms with van der Waals surface area (Å²) in [5.74, 6) is -0.874. The van der Waals surface area contributed by atoms with Crippen LogP contribution in [-0.4, -0.2) is 18.1 Å². The Balaban J connectivity index is 3.15. The maximum atomic E-state index is 12.2. The molecule has 4 nitrogen and oxygen atoms in total. The van der Waals surface area contributed by atoms with Crippen LogP contribution in [0.1, 0.15) is 16.1 Å². The number of ether oxygens (including phenoxy) is 1. The predicted molar refractivity (Wildman–Crippen MR) is 45.0 cm³/mol. The number of rotatable bonds is 1. The van der Waals surface area contributed by atoms with Crippen molar-refractivity contribution in [3.05, 3.63) is 23.5 Å². The number of halogens is 3. The third-order valence-electron chi connectivity index (χ3n) is 1.62. The maximum Gasteiger partial charge on any atom is 0.417 e. The van der Waals surface area contributed by atoms with Gasteiger partial charge in [0.25, 0.3) is 0 Å². The van der Waals surface area contributed by atoms with Crippen LogP contribution in [0.2, 0.25) is 0 Å². The van der Waals surface area contributed by atoms with Crippen LogP contribution in [-0.2, 0) is 10.9 Å². The van der Waals surface area contributed by atoms with Crippen LogP contribution in [0.15, 0.2) is 12.3 Å². The first kappa shape index (κ1) is 11.3. The van der Waals surface area contributed by atoms with E-state index in [0.717, 1.165) is 7.11 Å². The van der Waals surface area contributed by atoms with Crippen LogP contribution in [0.25, 0.3) is 0 Å². The summed E-state index contributed by atoms with van der Waals surface area (Å²) < 4.78 is 40.8. The zero-order valence-electron chi connectivity index (χ0n) is 7.63. The van der Waals surface area contributed by atoms with E-state index in [0.29, 0.717) is 12.3 Å². The molecule has 0 aliphatic carbocycles. The normalized spacial score (nSPS) is 11.2. The summed E-state index contributed by atoms with van der Waals surface area (Å²) in [7, 11) is 1.08. The number of aromatic nitrogens is 1. The van der Waals surface area contributed by atoms with Crippen LogP contribution >= 0.6 is 0 Å². The number of hydrogen-bond acceptors (Lipinski definition) is 4. The van der Waals surface area contributed by atoms with Gasteiger partial charge in [0.2, 0.25) is 0 Å². The molecule has 0 atom stereocenters. The van der Waals surface area contributed by atoms with Crippen molar-refractivity contribution in [2.45, 2.75) is 6.18 Å². The van der Waals surface area contributed by atoms with Gasteiger partial charge in [-0.15, -0.1) is 0 Å². The molecule has 0 fully saturated rings. The highest BCUT2D eigenvalue weighted by Gasteiger charge is 2.32. The van der Waals surface area contributed by atoms with Crippen molar-refractivity contribution in [2.24, 2.45) is 0 Å². The quantitative estimate of drug-likeness (QED) is 0.728. The number of anilines is 1. The van der Waals surface area contributed by atoms with Crippen LogP contribution < -0.4 is 5.73 Å². The summed E-state index contributed by atoms with van der Waals surface area (Å²) >= 11 is 0. The van der Waals surface area contributed by atoms with Crippen LogP contribution in [0.5, 0.6) is 0 Å². The molecule has 1 heterocycles. The first-order valence-corrected chi connectivity index (χ1v) is 3.77. The minimum Gasteiger partial charge on any atom is -0.464 e. The van der Waals surface area contributed by atoms with E-state index in [2.05, 4.69) is 9.72 Å². The fourth-order valence-corrected chi connectivity index (χ4v) is 0.904. The fraction of sp³-hybridized carbons (Fsp3) is 0.250. The molecule has 0 aliphatic heterocycles. The van der Waals surface area contributed by atoms with Crippen molar-refractivity contribution in [1.82, 2.24) is 4.98 Å². The number of nitrogen functional groups attached to an aromatic ring is 1. The summed E-state index contributed by atoms with van der Waals surface area (Å²) in [6.07, 6.45) is -4.00. The summed E-state index contributed by atoms with van der Waals surface area (Å²) in [6, 6.07) is 0.638. The Morgan fingerprint density at radius 3 is 2.53 bits per heavy atom. The number of nitrogens with zero attached hydrogens (tertiary/aromatic N) is 1. The zero-order chi connectivity index (χ0) is 11.6. The number of hydrogen-bond donors (Lipinski definition) is 1. The lowest BCUT2D eigenvalue weighted by molar-refractivity contribution is -0.137. The van der Waals surface area contributed by atoms with Crippen LogP contribution in [0.3, 0.4) is 0 Å². The van der Waals surface area contributed by atoms with E-state index in [9.17, 15) is 18.0 Å². The Morgan fingerprint density at radius 2 is 2.13 bits per heavy atom. The standard InChI is InChI=1S/C8H7F3N2O2/c1-15-7(14)6-5(12)2-4(3-13-6)8(9,10)11/h2-3H,12H2,1H3. The summed E-state index contributed by atoms with van der Waals surface area (Å²) in [6.45, 7) is 0. The highest BCUT2D eigenvalue weighted by atomic mass is 19.4. The molecule has 0 saturated carbocycles. The second kappa shape index (κ2) is 3.76. The summed E-state index contributed by atoms with van der Waals surface area (Å²) in [4.78, 5) is 14.2. The van der Waals surface area contributed by atoms with Gasteiger partial charge in [-0.3, -0.25) is 0 Å². The smallest absolute Gasteiger partial charge is 0.417 e. The Morgan fingerprint density at radius 1 is 1.53 bits per heavy atom. The molecule has 15 heavy (non-hydrogen) atoms. The van der Waals surface area contributed by atoms with E-state index in [4.69, 9.17) is 5.73 Å². The van der Waals surface area contributed by atoms with E-state index in [-0.39, 0.29) is 11.4 Å². The van der Waals surface area contributed by atoms with Crippen LogP contribution in [0.4, 0.5) is 18.9 Å². The third-order valence-corrected chi connectivity index (χ3v) is 1.62. The van der Waals surface area contributed by atoms with Crippen molar-refractivity contribution in [3.63, 3.8) is 0 Å². The average molecular weight is 220 g/mol. The molecular formula is C8H7F3N2O2. The number of alkyl halides is 3. The number of carbonyl (C=O) groups excluding carboxylic acids is 1. The van der Waals surface area contributed by atoms with Crippen molar-refractivity contribution in [1.29, 1.82) is 0 Å². The molecule has 0 radical (unpaired) electrons. The largest absolute Gasteiger partial charge is 0.464 e. The van der Waals surface area contributed by atoms with Crippen LogP contribution in [0, 0.1) is 0 Å². The first-order valence-electron chi connectivity index (χ1n) is 3.77. The molecule has 1 aromatic heterocycles. The summed E-state index contributed by atoms with van der Waals surface area (Å²) in [5, 5.41) is 0. The van der Waals surface area contributed by atoms with E-state index in [1.54, 1.807) is 0 Å². The molecule has 0 unspecified atom stereocenters. The highest BCUT2D eigenvalue weighted by Crippen LogP contribution is 2.30. The lowest BCUT2D eigenvalue weighted by Crippen LogP contribution is -2.12. The maximum absolute atomic E-state index is 12.2. The predicted octanol–water partition coefficient (Wildman–Crippen LogP) is 1.47. The molecule has 0 aromatic carbocycles. The first-order chi connectivity index (χ1) is 6.86. The van der Waals surface area contributed by atoms with Crippen molar-refractivity contribution in [3.8, 4) is 0 Å². The van der Waals surface area contributed by atoms with Gasteiger partial charge >= 0.3 is 12.1 Å². The molecule has 0 spiro atoms. The third kappa shape index (κ3) is 2.36. The van der Waals surface area contributed by atoms with Gasteiger partial charge in [-0.2, -0.15) is 13.2 Å². The molecule has 1 rings (SSSR count).